The number of halogens is 2. The normalized spacial score (nSPS) is 21.7. The predicted octanol–water partition coefficient (Wildman–Crippen LogP) is 2.58. The number of aliphatic hydroxyl groups is 1. The second-order valence-electron chi connectivity index (χ2n) is 6.15. The molecule has 2 atom stereocenters. The second kappa shape index (κ2) is 7.70. The summed E-state index contributed by atoms with van der Waals surface area (Å²) >= 11 is 6.49. The molecule has 2 aromatic rings. The van der Waals surface area contributed by atoms with Gasteiger partial charge in [-0.2, -0.15) is 0 Å². The zero-order valence-electron chi connectivity index (χ0n) is 13.8. The van der Waals surface area contributed by atoms with Crippen molar-refractivity contribution >= 4 is 63.1 Å². The van der Waals surface area contributed by atoms with E-state index in [1.165, 1.54) is 6.07 Å². The molecule has 0 amide bonds. The van der Waals surface area contributed by atoms with Gasteiger partial charge in [0.2, 0.25) is 0 Å². The van der Waals surface area contributed by atoms with Crippen molar-refractivity contribution in [2.45, 2.75) is 17.0 Å². The van der Waals surface area contributed by atoms with Crippen LogP contribution in [-0.4, -0.2) is 45.6 Å². The Hall–Kier alpha value is -1.14. The van der Waals surface area contributed by atoms with E-state index in [1.54, 1.807) is 36.4 Å². The molecule has 0 aliphatic carbocycles. The Labute approximate surface area is 174 Å². The standard InChI is InChI=1S/C16H16Br2N2O5S2/c17-10-1-6-13(18)16(7-10)27(24,25)20-12-4-2-11(3-5-12)19-14-8-26(22,23)9-15(14)21/h1-7,14-15,19-21H,8-9H2/t14-,15+/m0/s1. The van der Waals surface area contributed by atoms with Gasteiger partial charge >= 0.3 is 0 Å². The lowest BCUT2D eigenvalue weighted by Gasteiger charge is -2.17. The third-order valence-corrected chi connectivity index (χ3v) is 8.58. The van der Waals surface area contributed by atoms with Gasteiger partial charge in [-0.1, -0.05) is 15.9 Å². The van der Waals surface area contributed by atoms with E-state index < -0.39 is 32.0 Å². The molecule has 3 rings (SSSR count). The highest BCUT2D eigenvalue weighted by atomic mass is 79.9. The molecule has 7 nitrogen and oxygen atoms in total. The van der Waals surface area contributed by atoms with Crippen molar-refractivity contribution < 1.29 is 21.9 Å². The van der Waals surface area contributed by atoms with Crippen LogP contribution in [0.5, 0.6) is 0 Å². The van der Waals surface area contributed by atoms with Crippen LogP contribution < -0.4 is 10.0 Å². The molecule has 0 radical (unpaired) electrons. The van der Waals surface area contributed by atoms with E-state index in [0.717, 1.165) is 0 Å². The number of nitrogens with one attached hydrogen (secondary N) is 2. The molecule has 1 fully saturated rings. The fraction of sp³-hybridized carbons (Fsp3) is 0.250. The molecule has 0 spiro atoms. The lowest BCUT2D eigenvalue weighted by Crippen LogP contribution is -2.31. The van der Waals surface area contributed by atoms with Gasteiger partial charge < -0.3 is 10.4 Å². The van der Waals surface area contributed by atoms with Crippen LogP contribution in [0.3, 0.4) is 0 Å². The summed E-state index contributed by atoms with van der Waals surface area (Å²) in [7, 11) is -7.04. The average molecular weight is 540 g/mol. The average Bonchev–Trinajstić information content (AvgIpc) is 2.83. The molecular formula is C16H16Br2N2O5S2. The Bertz CT molecular complexity index is 1060. The summed E-state index contributed by atoms with van der Waals surface area (Å²) in [4.78, 5) is 0.0957. The SMILES string of the molecule is O=S1(=O)C[C@@H](O)[C@@H](Nc2ccc(NS(=O)(=O)c3cc(Br)ccc3Br)cc2)C1. The monoisotopic (exact) mass is 538 g/mol. The summed E-state index contributed by atoms with van der Waals surface area (Å²) < 4.78 is 51.8. The molecule has 11 heteroatoms. The summed E-state index contributed by atoms with van der Waals surface area (Å²) in [5.41, 5.74) is 0.940. The van der Waals surface area contributed by atoms with Crippen molar-refractivity contribution in [2.75, 3.05) is 21.5 Å². The Kier molecular flexibility index (Phi) is 5.88. The van der Waals surface area contributed by atoms with Gasteiger partial charge in [0.25, 0.3) is 10.0 Å². The Morgan fingerprint density at radius 1 is 1.00 bits per heavy atom. The van der Waals surface area contributed by atoms with Crippen molar-refractivity contribution in [3.8, 4) is 0 Å². The van der Waals surface area contributed by atoms with Crippen LogP contribution in [0.15, 0.2) is 56.3 Å². The maximum Gasteiger partial charge on any atom is 0.263 e. The first-order valence-electron chi connectivity index (χ1n) is 7.79. The second-order valence-corrected chi connectivity index (χ2v) is 11.7. The smallest absolute Gasteiger partial charge is 0.263 e. The fourth-order valence-corrected chi connectivity index (χ4v) is 7.01. The maximum absolute atomic E-state index is 12.6. The highest BCUT2D eigenvalue weighted by molar-refractivity contribution is 9.11. The van der Waals surface area contributed by atoms with Crippen LogP contribution in [0, 0.1) is 0 Å². The predicted molar refractivity (Wildman–Crippen MR) is 111 cm³/mol. The highest BCUT2D eigenvalue weighted by Gasteiger charge is 2.36. The number of hydrogen-bond donors (Lipinski definition) is 3. The number of hydrogen-bond acceptors (Lipinski definition) is 6. The number of aliphatic hydroxyl groups excluding tert-OH is 1. The van der Waals surface area contributed by atoms with Crippen LogP contribution in [0.2, 0.25) is 0 Å². The molecule has 0 unspecified atom stereocenters. The third kappa shape index (κ3) is 5.02. The molecule has 0 aromatic heterocycles. The van der Waals surface area contributed by atoms with Crippen molar-refractivity contribution in [1.82, 2.24) is 0 Å². The molecule has 2 aromatic carbocycles. The van der Waals surface area contributed by atoms with Crippen LogP contribution in [-0.2, 0) is 19.9 Å². The van der Waals surface area contributed by atoms with E-state index in [1.807, 2.05) is 0 Å². The molecule has 1 saturated heterocycles. The molecule has 1 heterocycles. The molecule has 3 N–H and O–H groups in total. The van der Waals surface area contributed by atoms with Gasteiger partial charge in [-0.15, -0.1) is 0 Å². The lowest BCUT2D eigenvalue weighted by molar-refractivity contribution is 0.190. The highest BCUT2D eigenvalue weighted by Crippen LogP contribution is 2.28. The molecule has 0 saturated carbocycles. The third-order valence-electron chi connectivity index (χ3n) is 3.99. The van der Waals surface area contributed by atoms with Gasteiger partial charge in [-0.25, -0.2) is 16.8 Å². The summed E-state index contributed by atoms with van der Waals surface area (Å²) in [6, 6.07) is 10.6. The minimum atomic E-state index is -3.79. The van der Waals surface area contributed by atoms with Crippen LogP contribution >= 0.6 is 31.9 Å². The zero-order chi connectivity index (χ0) is 19.8. The molecule has 27 heavy (non-hydrogen) atoms. The van der Waals surface area contributed by atoms with Crippen molar-refractivity contribution in [2.24, 2.45) is 0 Å². The van der Waals surface area contributed by atoms with Crippen molar-refractivity contribution in [3.63, 3.8) is 0 Å². The quantitative estimate of drug-likeness (QED) is 0.538. The van der Waals surface area contributed by atoms with Gasteiger partial charge in [0.1, 0.15) is 4.90 Å². The van der Waals surface area contributed by atoms with E-state index in [2.05, 4.69) is 41.9 Å². The molecular weight excluding hydrogens is 524 g/mol. The van der Waals surface area contributed by atoms with E-state index in [9.17, 15) is 21.9 Å². The van der Waals surface area contributed by atoms with Crippen molar-refractivity contribution in [3.05, 3.63) is 51.4 Å². The van der Waals surface area contributed by atoms with Crippen LogP contribution in [0.4, 0.5) is 11.4 Å². The summed E-state index contributed by atoms with van der Waals surface area (Å²) in [5.74, 6) is -0.399. The van der Waals surface area contributed by atoms with Crippen molar-refractivity contribution in [1.29, 1.82) is 0 Å². The summed E-state index contributed by atoms with van der Waals surface area (Å²) in [6.45, 7) is 0. The zero-order valence-corrected chi connectivity index (χ0v) is 18.6. The topological polar surface area (TPSA) is 113 Å². The van der Waals surface area contributed by atoms with Crippen LogP contribution in [0.25, 0.3) is 0 Å². The lowest BCUT2D eigenvalue weighted by atomic mass is 10.2. The molecule has 0 bridgehead atoms. The number of anilines is 2. The van der Waals surface area contributed by atoms with Gasteiger partial charge in [0.15, 0.2) is 9.84 Å². The van der Waals surface area contributed by atoms with Crippen LogP contribution in [0.1, 0.15) is 0 Å². The first-order valence-corrected chi connectivity index (χ1v) is 12.7. The first-order chi connectivity index (χ1) is 12.6. The Morgan fingerprint density at radius 3 is 2.22 bits per heavy atom. The number of benzene rings is 2. The van der Waals surface area contributed by atoms with Gasteiger partial charge in [0, 0.05) is 20.3 Å². The molecule has 1 aliphatic rings. The van der Waals surface area contributed by atoms with E-state index in [4.69, 9.17) is 0 Å². The summed E-state index contributed by atoms with van der Waals surface area (Å²) in [6.07, 6.45) is -0.970. The first kappa shape index (κ1) is 20.6. The van der Waals surface area contributed by atoms with Gasteiger partial charge in [-0.05, 0) is 58.4 Å². The summed E-state index contributed by atoms with van der Waals surface area (Å²) in [5, 5.41) is 12.8. The van der Waals surface area contributed by atoms with Gasteiger partial charge in [-0.3, -0.25) is 4.72 Å². The minimum absolute atomic E-state index is 0.0957. The van der Waals surface area contributed by atoms with E-state index in [0.29, 0.717) is 20.3 Å². The molecule has 146 valence electrons. The number of sulfonamides is 1. The Balaban J connectivity index is 1.73. The minimum Gasteiger partial charge on any atom is -0.390 e. The van der Waals surface area contributed by atoms with E-state index >= 15 is 0 Å². The Morgan fingerprint density at radius 2 is 1.63 bits per heavy atom. The molecule has 1 aliphatic heterocycles. The number of sulfone groups is 1. The van der Waals surface area contributed by atoms with Gasteiger partial charge in [0.05, 0.1) is 23.7 Å². The maximum atomic E-state index is 12.6. The fourth-order valence-electron chi connectivity index (χ4n) is 2.71. The van der Waals surface area contributed by atoms with E-state index in [-0.39, 0.29) is 16.4 Å². The largest absolute Gasteiger partial charge is 0.390 e. The number of rotatable bonds is 5.